The highest BCUT2D eigenvalue weighted by Crippen LogP contribution is 2.41. The average molecular weight is 446 g/mol. The zero-order valence-electron chi connectivity index (χ0n) is 17.3. The predicted octanol–water partition coefficient (Wildman–Crippen LogP) is 1.28. The van der Waals surface area contributed by atoms with Crippen molar-refractivity contribution < 1.29 is 22.7 Å². The number of morpholine rings is 1. The summed E-state index contributed by atoms with van der Waals surface area (Å²) in [5, 5.41) is 11.5. The summed E-state index contributed by atoms with van der Waals surface area (Å²) < 4.78 is 31.8. The Bertz CT molecular complexity index is 978. The zero-order chi connectivity index (χ0) is 22.1. The molecule has 1 N–H and O–H groups in total. The number of rotatable bonds is 5. The van der Waals surface area contributed by atoms with Crippen LogP contribution in [0.3, 0.4) is 0 Å². The van der Waals surface area contributed by atoms with Gasteiger partial charge in [-0.05, 0) is 44.2 Å². The molecule has 3 fully saturated rings. The third-order valence-corrected chi connectivity index (χ3v) is 8.98. The van der Waals surface area contributed by atoms with Gasteiger partial charge in [0.2, 0.25) is 11.8 Å². The van der Waals surface area contributed by atoms with Crippen molar-refractivity contribution in [3.63, 3.8) is 0 Å². The third-order valence-electron chi connectivity index (χ3n) is 6.79. The molecule has 31 heavy (non-hydrogen) atoms. The van der Waals surface area contributed by atoms with Crippen molar-refractivity contribution in [3.05, 3.63) is 30.3 Å². The van der Waals surface area contributed by atoms with Gasteiger partial charge in [-0.25, -0.2) is 8.42 Å². The monoisotopic (exact) mass is 445 g/mol. The van der Waals surface area contributed by atoms with Crippen LogP contribution in [0.1, 0.15) is 32.1 Å². The number of benzene rings is 1. The molecular weight excluding hydrogens is 418 g/mol. The molecule has 0 bridgehead atoms. The molecule has 3 atom stereocenters. The summed E-state index contributed by atoms with van der Waals surface area (Å²) in [5.74, 6) is -2.09. The fourth-order valence-corrected chi connectivity index (χ4v) is 6.59. The number of amides is 2. The molecule has 1 saturated heterocycles. The van der Waals surface area contributed by atoms with E-state index in [-0.39, 0.29) is 23.6 Å². The largest absolute Gasteiger partial charge is 0.378 e. The van der Waals surface area contributed by atoms with Crippen molar-refractivity contribution in [3.8, 4) is 6.07 Å². The van der Waals surface area contributed by atoms with Gasteiger partial charge in [0.25, 0.3) is 0 Å². The normalized spacial score (nSPS) is 27.7. The van der Waals surface area contributed by atoms with Crippen LogP contribution in [0.4, 0.5) is 0 Å². The Balaban J connectivity index is 1.59. The minimum atomic E-state index is -3.68. The van der Waals surface area contributed by atoms with Gasteiger partial charge in [-0.15, -0.1) is 0 Å². The Morgan fingerprint density at radius 2 is 1.74 bits per heavy atom. The first kappa shape index (κ1) is 21.8. The minimum absolute atomic E-state index is 0.0747. The third kappa shape index (κ3) is 4.19. The zero-order valence-corrected chi connectivity index (χ0v) is 18.1. The fourth-order valence-electron chi connectivity index (χ4n) is 4.75. The van der Waals surface area contributed by atoms with E-state index in [1.807, 2.05) is 0 Å². The summed E-state index contributed by atoms with van der Waals surface area (Å²) >= 11 is 0. The van der Waals surface area contributed by atoms with E-state index in [9.17, 15) is 23.3 Å². The molecule has 0 spiro atoms. The van der Waals surface area contributed by atoms with E-state index < -0.39 is 38.4 Å². The number of carbonyl (C=O) groups is 2. The fraction of sp³-hybridized carbons (Fsp3) is 0.591. The minimum Gasteiger partial charge on any atom is -0.378 e. The molecule has 8 nitrogen and oxygen atoms in total. The van der Waals surface area contributed by atoms with Gasteiger partial charge >= 0.3 is 0 Å². The highest BCUT2D eigenvalue weighted by Gasteiger charge is 2.50. The molecule has 1 aliphatic heterocycles. The first-order chi connectivity index (χ1) is 14.9. The van der Waals surface area contributed by atoms with Crippen molar-refractivity contribution >= 4 is 21.7 Å². The van der Waals surface area contributed by atoms with Crippen molar-refractivity contribution in [1.29, 1.82) is 5.26 Å². The molecule has 2 saturated carbocycles. The maximum absolute atomic E-state index is 13.3. The lowest BCUT2D eigenvalue weighted by molar-refractivity contribution is -0.144. The van der Waals surface area contributed by atoms with Crippen LogP contribution < -0.4 is 5.32 Å². The summed E-state index contributed by atoms with van der Waals surface area (Å²) in [6, 6.07) is 10.3. The molecule has 166 valence electrons. The first-order valence-corrected chi connectivity index (χ1v) is 12.3. The lowest BCUT2D eigenvalue weighted by Gasteiger charge is -2.37. The molecule has 1 aromatic rings. The number of hydrogen-bond acceptors (Lipinski definition) is 6. The molecule has 1 heterocycles. The van der Waals surface area contributed by atoms with Crippen molar-refractivity contribution in [1.82, 2.24) is 10.2 Å². The Labute approximate surface area is 182 Å². The van der Waals surface area contributed by atoms with E-state index >= 15 is 0 Å². The number of nitriles is 1. The van der Waals surface area contributed by atoms with Crippen molar-refractivity contribution in [2.75, 3.05) is 26.3 Å². The van der Waals surface area contributed by atoms with Crippen LogP contribution >= 0.6 is 0 Å². The summed E-state index contributed by atoms with van der Waals surface area (Å²) in [6.45, 7) is 1.72. The Morgan fingerprint density at radius 1 is 1.10 bits per heavy atom. The smallest absolute Gasteiger partial charge is 0.226 e. The maximum Gasteiger partial charge on any atom is 0.226 e. The SMILES string of the molecule is N#CC1(NC(=O)[C@@H]2C[C@@H](S(=O)(=O)c3ccccc3)C[C@H]2C(=O)N2CCOCC2)CCC1. The lowest BCUT2D eigenvalue weighted by atomic mass is 9.77. The van der Waals surface area contributed by atoms with Gasteiger partial charge < -0.3 is 15.0 Å². The summed E-state index contributed by atoms with van der Waals surface area (Å²) in [7, 11) is -3.68. The van der Waals surface area contributed by atoms with E-state index in [2.05, 4.69) is 11.4 Å². The van der Waals surface area contributed by atoms with Crippen LogP contribution in [0.25, 0.3) is 0 Å². The Kier molecular flexibility index (Phi) is 6.04. The van der Waals surface area contributed by atoms with Crippen LogP contribution in [0.2, 0.25) is 0 Å². The van der Waals surface area contributed by atoms with Gasteiger partial charge in [0.15, 0.2) is 9.84 Å². The molecule has 4 rings (SSSR count). The average Bonchev–Trinajstić information content (AvgIpc) is 3.23. The maximum atomic E-state index is 13.3. The van der Waals surface area contributed by atoms with Crippen LogP contribution in [0, 0.1) is 23.2 Å². The number of nitrogens with one attached hydrogen (secondary N) is 1. The van der Waals surface area contributed by atoms with Crippen LogP contribution in [-0.4, -0.2) is 62.2 Å². The molecule has 0 aromatic heterocycles. The van der Waals surface area contributed by atoms with Gasteiger partial charge in [-0.1, -0.05) is 18.2 Å². The molecule has 9 heteroatoms. The summed E-state index contributed by atoms with van der Waals surface area (Å²) in [6.07, 6.45) is 2.20. The molecule has 3 aliphatic rings. The van der Waals surface area contributed by atoms with Crippen LogP contribution in [0.15, 0.2) is 35.2 Å². The number of sulfone groups is 1. The van der Waals surface area contributed by atoms with E-state index in [4.69, 9.17) is 4.74 Å². The standard InChI is InChI=1S/C22H27N3O5S/c23-15-22(7-4-8-22)24-20(26)18-13-17(31(28,29)16-5-2-1-3-6-16)14-19(18)21(27)25-9-11-30-12-10-25/h1-3,5-6,17-19H,4,7-14H2,(H,24,26)/t17-,18-,19-/m1/s1. The van der Waals surface area contributed by atoms with Gasteiger partial charge in [-0.3, -0.25) is 9.59 Å². The van der Waals surface area contributed by atoms with Gasteiger partial charge in [0, 0.05) is 13.1 Å². The van der Waals surface area contributed by atoms with E-state index in [1.165, 1.54) is 0 Å². The molecule has 2 aliphatic carbocycles. The predicted molar refractivity (Wildman–Crippen MR) is 111 cm³/mol. The number of hydrogen-bond donors (Lipinski definition) is 1. The summed E-state index contributed by atoms with van der Waals surface area (Å²) in [4.78, 5) is 28.3. The Hall–Kier alpha value is -2.44. The van der Waals surface area contributed by atoms with E-state index in [0.717, 1.165) is 6.42 Å². The van der Waals surface area contributed by atoms with Crippen LogP contribution in [-0.2, 0) is 24.2 Å². The highest BCUT2D eigenvalue weighted by atomic mass is 32.2. The molecular formula is C22H27N3O5S. The van der Waals surface area contributed by atoms with Gasteiger partial charge in [-0.2, -0.15) is 5.26 Å². The molecule has 2 amide bonds. The number of nitrogens with zero attached hydrogens (tertiary/aromatic N) is 2. The number of carbonyl (C=O) groups excluding carboxylic acids is 2. The molecule has 1 aromatic carbocycles. The van der Waals surface area contributed by atoms with E-state index in [1.54, 1.807) is 35.2 Å². The first-order valence-electron chi connectivity index (χ1n) is 10.7. The number of ether oxygens (including phenoxy) is 1. The second kappa shape index (κ2) is 8.60. The Morgan fingerprint density at radius 3 is 2.32 bits per heavy atom. The lowest BCUT2D eigenvalue weighted by Crippen LogP contribution is -2.55. The topological polar surface area (TPSA) is 117 Å². The molecule has 0 radical (unpaired) electrons. The quantitative estimate of drug-likeness (QED) is 0.730. The van der Waals surface area contributed by atoms with Gasteiger partial charge in [0.1, 0.15) is 5.54 Å². The van der Waals surface area contributed by atoms with Crippen LogP contribution in [0.5, 0.6) is 0 Å². The van der Waals surface area contributed by atoms with Crippen molar-refractivity contribution in [2.45, 2.75) is 47.8 Å². The van der Waals surface area contributed by atoms with Gasteiger partial charge in [0.05, 0.1) is 41.3 Å². The summed E-state index contributed by atoms with van der Waals surface area (Å²) in [5.41, 5.74) is -0.889. The van der Waals surface area contributed by atoms with E-state index in [0.29, 0.717) is 39.1 Å². The second-order valence-electron chi connectivity index (χ2n) is 8.64. The highest BCUT2D eigenvalue weighted by molar-refractivity contribution is 7.92. The van der Waals surface area contributed by atoms with Crippen molar-refractivity contribution in [2.24, 2.45) is 11.8 Å². The molecule has 0 unspecified atom stereocenters. The second-order valence-corrected chi connectivity index (χ2v) is 10.9.